The van der Waals surface area contributed by atoms with Gasteiger partial charge in [-0.15, -0.1) is 0 Å². The molecule has 0 spiro atoms. The summed E-state index contributed by atoms with van der Waals surface area (Å²) in [5, 5.41) is 0. The molecule has 0 fully saturated rings. The van der Waals surface area contributed by atoms with Gasteiger partial charge in [0.1, 0.15) is 5.82 Å². The molecular weight excluding hydrogens is 208 g/mol. The minimum atomic E-state index is 0.146. The fraction of sp³-hybridized carbons (Fsp3) is 0.267. The van der Waals surface area contributed by atoms with Gasteiger partial charge in [-0.1, -0.05) is 45.0 Å². The highest BCUT2D eigenvalue weighted by molar-refractivity contribution is 5.74. The van der Waals surface area contributed by atoms with Gasteiger partial charge >= 0.3 is 0 Å². The van der Waals surface area contributed by atoms with E-state index in [0.717, 1.165) is 11.1 Å². The number of hydrogen-bond donors (Lipinski definition) is 1. The van der Waals surface area contributed by atoms with Crippen molar-refractivity contribution in [1.82, 2.24) is 4.98 Å². The first-order valence-electron chi connectivity index (χ1n) is 5.80. The second-order valence-electron chi connectivity index (χ2n) is 5.27. The van der Waals surface area contributed by atoms with Crippen molar-refractivity contribution < 1.29 is 0 Å². The third-order valence-corrected chi connectivity index (χ3v) is 2.88. The van der Waals surface area contributed by atoms with E-state index < -0.39 is 0 Å². The Morgan fingerprint density at radius 1 is 1.06 bits per heavy atom. The number of benzene rings is 1. The lowest BCUT2D eigenvalue weighted by molar-refractivity contribution is 0.590. The van der Waals surface area contributed by atoms with Crippen LogP contribution in [0.15, 0.2) is 42.6 Å². The lowest BCUT2D eigenvalue weighted by Gasteiger charge is -2.20. The number of nitrogen functional groups attached to an aromatic ring is 1. The molecule has 0 aliphatic rings. The van der Waals surface area contributed by atoms with Crippen molar-refractivity contribution in [2.45, 2.75) is 26.2 Å². The van der Waals surface area contributed by atoms with E-state index in [1.165, 1.54) is 5.56 Å². The molecular formula is C15H18N2. The van der Waals surface area contributed by atoms with Crippen LogP contribution in [0.25, 0.3) is 11.1 Å². The van der Waals surface area contributed by atoms with Crippen molar-refractivity contribution in [3.05, 3.63) is 48.2 Å². The number of pyridine rings is 1. The highest BCUT2D eigenvalue weighted by atomic mass is 14.8. The largest absolute Gasteiger partial charge is 0.383 e. The Balaban J connectivity index is 2.51. The number of nitrogens with zero attached hydrogens (tertiary/aromatic N) is 1. The monoisotopic (exact) mass is 226 g/mol. The summed E-state index contributed by atoms with van der Waals surface area (Å²) in [6.07, 6.45) is 1.71. The van der Waals surface area contributed by atoms with Crippen LogP contribution in [0.3, 0.4) is 0 Å². The average Bonchev–Trinajstić information content (AvgIpc) is 2.29. The van der Waals surface area contributed by atoms with E-state index in [4.69, 9.17) is 5.73 Å². The Hall–Kier alpha value is -1.83. The second-order valence-corrected chi connectivity index (χ2v) is 5.27. The summed E-state index contributed by atoms with van der Waals surface area (Å²) < 4.78 is 0. The molecule has 1 heterocycles. The first-order valence-corrected chi connectivity index (χ1v) is 5.80. The first kappa shape index (κ1) is 11.6. The van der Waals surface area contributed by atoms with E-state index in [1.807, 2.05) is 12.1 Å². The zero-order valence-corrected chi connectivity index (χ0v) is 10.6. The third kappa shape index (κ3) is 2.47. The van der Waals surface area contributed by atoms with E-state index in [-0.39, 0.29) is 5.41 Å². The van der Waals surface area contributed by atoms with Crippen LogP contribution in [0, 0.1) is 0 Å². The van der Waals surface area contributed by atoms with Crippen molar-refractivity contribution in [3.63, 3.8) is 0 Å². The van der Waals surface area contributed by atoms with Crippen LogP contribution >= 0.6 is 0 Å². The minimum absolute atomic E-state index is 0.146. The maximum absolute atomic E-state index is 5.90. The Labute approximate surface area is 103 Å². The quantitative estimate of drug-likeness (QED) is 0.806. The Bertz CT molecular complexity index is 524. The van der Waals surface area contributed by atoms with E-state index in [0.29, 0.717) is 5.82 Å². The van der Waals surface area contributed by atoms with E-state index in [2.05, 4.69) is 50.0 Å². The predicted octanol–water partition coefficient (Wildman–Crippen LogP) is 3.63. The van der Waals surface area contributed by atoms with Crippen molar-refractivity contribution in [2.24, 2.45) is 0 Å². The number of rotatable bonds is 1. The molecule has 17 heavy (non-hydrogen) atoms. The molecule has 0 radical (unpaired) electrons. The molecule has 0 saturated carbocycles. The van der Waals surface area contributed by atoms with Crippen LogP contribution in [0.5, 0.6) is 0 Å². The van der Waals surface area contributed by atoms with Gasteiger partial charge in [-0.2, -0.15) is 0 Å². The van der Waals surface area contributed by atoms with Gasteiger partial charge in [0.15, 0.2) is 0 Å². The van der Waals surface area contributed by atoms with Crippen molar-refractivity contribution in [3.8, 4) is 11.1 Å². The van der Waals surface area contributed by atoms with Gasteiger partial charge in [-0.3, -0.25) is 0 Å². The molecule has 2 heteroatoms. The van der Waals surface area contributed by atoms with Crippen molar-refractivity contribution in [2.75, 3.05) is 5.73 Å². The normalized spacial score (nSPS) is 11.5. The lowest BCUT2D eigenvalue weighted by atomic mass is 9.85. The van der Waals surface area contributed by atoms with Crippen LogP contribution in [-0.4, -0.2) is 4.98 Å². The maximum Gasteiger partial charge on any atom is 0.131 e. The molecule has 0 saturated heterocycles. The standard InChI is InChI=1S/C15H18N2/c1-15(2,3)12-7-4-6-11(10-12)13-8-5-9-17-14(13)16/h4-10H,1-3H3,(H2,16,17). The van der Waals surface area contributed by atoms with Gasteiger partial charge in [-0.05, 0) is 28.7 Å². The fourth-order valence-corrected chi connectivity index (χ4v) is 1.81. The average molecular weight is 226 g/mol. The second kappa shape index (κ2) is 4.21. The van der Waals surface area contributed by atoms with E-state index >= 15 is 0 Å². The van der Waals surface area contributed by atoms with Crippen LogP contribution in [0.4, 0.5) is 5.82 Å². The zero-order chi connectivity index (χ0) is 12.5. The van der Waals surface area contributed by atoms with E-state index in [9.17, 15) is 0 Å². The first-order chi connectivity index (χ1) is 7.98. The van der Waals surface area contributed by atoms with Crippen LogP contribution in [0.1, 0.15) is 26.3 Å². The van der Waals surface area contributed by atoms with Crippen LogP contribution in [0.2, 0.25) is 0 Å². The third-order valence-electron chi connectivity index (χ3n) is 2.88. The number of anilines is 1. The molecule has 1 aromatic heterocycles. The summed E-state index contributed by atoms with van der Waals surface area (Å²) >= 11 is 0. The summed E-state index contributed by atoms with van der Waals surface area (Å²) in [6, 6.07) is 12.4. The summed E-state index contributed by atoms with van der Waals surface area (Å²) in [6.45, 7) is 6.62. The van der Waals surface area contributed by atoms with Crippen LogP contribution < -0.4 is 5.73 Å². The van der Waals surface area contributed by atoms with Gasteiger partial charge in [0.2, 0.25) is 0 Å². The molecule has 2 rings (SSSR count). The Morgan fingerprint density at radius 3 is 2.47 bits per heavy atom. The summed E-state index contributed by atoms with van der Waals surface area (Å²) in [7, 11) is 0. The number of aromatic nitrogens is 1. The molecule has 1 aromatic carbocycles. The van der Waals surface area contributed by atoms with Gasteiger partial charge in [0, 0.05) is 11.8 Å². The molecule has 0 amide bonds. The van der Waals surface area contributed by atoms with Gasteiger partial charge in [0.05, 0.1) is 0 Å². The summed E-state index contributed by atoms with van der Waals surface area (Å²) in [5.74, 6) is 0.582. The molecule has 2 aromatic rings. The van der Waals surface area contributed by atoms with E-state index in [1.54, 1.807) is 6.20 Å². The summed E-state index contributed by atoms with van der Waals surface area (Å²) in [5.41, 5.74) is 9.48. The maximum atomic E-state index is 5.90. The Kier molecular flexibility index (Phi) is 2.88. The smallest absolute Gasteiger partial charge is 0.131 e. The molecule has 0 aliphatic carbocycles. The topological polar surface area (TPSA) is 38.9 Å². The molecule has 0 atom stereocenters. The highest BCUT2D eigenvalue weighted by Crippen LogP contribution is 2.29. The SMILES string of the molecule is CC(C)(C)c1cccc(-c2cccnc2N)c1. The number of hydrogen-bond acceptors (Lipinski definition) is 2. The predicted molar refractivity (Wildman–Crippen MR) is 72.8 cm³/mol. The summed E-state index contributed by atoms with van der Waals surface area (Å²) in [4.78, 5) is 4.13. The lowest BCUT2D eigenvalue weighted by Crippen LogP contribution is -2.10. The van der Waals surface area contributed by atoms with Gasteiger partial charge in [-0.25, -0.2) is 4.98 Å². The molecule has 88 valence electrons. The zero-order valence-electron chi connectivity index (χ0n) is 10.6. The molecule has 0 bridgehead atoms. The number of nitrogens with two attached hydrogens (primary N) is 1. The van der Waals surface area contributed by atoms with Crippen LogP contribution in [-0.2, 0) is 5.41 Å². The fourth-order valence-electron chi connectivity index (χ4n) is 1.81. The van der Waals surface area contributed by atoms with Crippen molar-refractivity contribution >= 4 is 5.82 Å². The molecule has 0 aliphatic heterocycles. The van der Waals surface area contributed by atoms with Gasteiger partial charge in [0.25, 0.3) is 0 Å². The van der Waals surface area contributed by atoms with Crippen molar-refractivity contribution in [1.29, 1.82) is 0 Å². The minimum Gasteiger partial charge on any atom is -0.383 e. The Morgan fingerprint density at radius 2 is 1.82 bits per heavy atom. The highest BCUT2D eigenvalue weighted by Gasteiger charge is 2.14. The molecule has 2 nitrogen and oxygen atoms in total. The van der Waals surface area contributed by atoms with Gasteiger partial charge < -0.3 is 5.73 Å². The molecule has 0 unspecified atom stereocenters. The molecule has 2 N–H and O–H groups in total.